The fraction of sp³-hybridized carbons (Fsp3) is 0.520. The molecule has 180 valence electrons. The number of carbonyl (C=O) groups excluding carboxylic acids is 2. The highest BCUT2D eigenvalue weighted by Gasteiger charge is 2.52. The first kappa shape index (κ1) is 23.1. The van der Waals surface area contributed by atoms with E-state index in [1.54, 1.807) is 0 Å². The number of piperazine rings is 1. The molecule has 2 amide bonds. The number of carbonyl (C=O) groups is 2. The minimum atomic E-state index is -0.255. The van der Waals surface area contributed by atoms with Crippen LogP contribution < -0.4 is 15.5 Å². The molecule has 1 saturated carbocycles. The zero-order valence-electron chi connectivity index (χ0n) is 19.8. The van der Waals surface area contributed by atoms with Crippen molar-refractivity contribution in [2.45, 2.75) is 63.6 Å². The van der Waals surface area contributed by atoms with E-state index in [9.17, 15) is 9.59 Å². The van der Waals surface area contributed by atoms with Crippen molar-refractivity contribution in [3.8, 4) is 0 Å². The molecule has 1 saturated heterocycles. The predicted molar refractivity (Wildman–Crippen MR) is 132 cm³/mol. The third-order valence-electron chi connectivity index (χ3n) is 7.07. The minimum Gasteiger partial charge on any atom is -0.349 e. The summed E-state index contributed by atoms with van der Waals surface area (Å²) in [6.45, 7) is 8.17. The van der Waals surface area contributed by atoms with Crippen molar-refractivity contribution < 1.29 is 9.59 Å². The van der Waals surface area contributed by atoms with E-state index in [1.165, 1.54) is 6.33 Å². The van der Waals surface area contributed by atoms with E-state index in [-0.39, 0.29) is 35.7 Å². The Bertz CT molecular complexity index is 1090. The Hall–Kier alpha value is -2.71. The van der Waals surface area contributed by atoms with Gasteiger partial charge in [0, 0.05) is 42.7 Å². The maximum Gasteiger partial charge on any atom is 0.231 e. The third kappa shape index (κ3) is 4.36. The molecule has 3 aliphatic rings. The van der Waals surface area contributed by atoms with Gasteiger partial charge in [-0.3, -0.25) is 9.59 Å². The van der Waals surface area contributed by atoms with Crippen LogP contribution >= 0.6 is 11.6 Å². The van der Waals surface area contributed by atoms with Crippen LogP contribution in [-0.4, -0.2) is 64.4 Å². The average Bonchev–Trinajstić information content (AvgIpc) is 3.60. The highest BCUT2D eigenvalue weighted by Crippen LogP contribution is 2.44. The van der Waals surface area contributed by atoms with Crippen molar-refractivity contribution in [2.75, 3.05) is 29.9 Å². The van der Waals surface area contributed by atoms with Gasteiger partial charge in [0.1, 0.15) is 18.0 Å². The van der Waals surface area contributed by atoms with Gasteiger partial charge in [0.15, 0.2) is 0 Å². The highest BCUT2D eigenvalue weighted by atomic mass is 35.5. The quantitative estimate of drug-likeness (QED) is 0.657. The Morgan fingerprint density at radius 3 is 2.71 bits per heavy atom. The minimum absolute atomic E-state index is 0.00684. The van der Waals surface area contributed by atoms with Crippen LogP contribution in [0.25, 0.3) is 0 Å². The third-order valence-corrected chi connectivity index (χ3v) is 7.32. The van der Waals surface area contributed by atoms with E-state index in [2.05, 4.69) is 44.2 Å². The van der Waals surface area contributed by atoms with E-state index in [0.717, 1.165) is 23.4 Å². The first-order valence-electron chi connectivity index (χ1n) is 12.0. The zero-order chi connectivity index (χ0) is 24.0. The van der Waals surface area contributed by atoms with E-state index in [0.29, 0.717) is 42.9 Å². The molecule has 5 rings (SSSR count). The van der Waals surface area contributed by atoms with Crippen molar-refractivity contribution in [1.29, 1.82) is 0 Å². The molecule has 0 spiro atoms. The van der Waals surface area contributed by atoms with Crippen molar-refractivity contribution in [3.05, 3.63) is 46.7 Å². The van der Waals surface area contributed by atoms with Gasteiger partial charge in [-0.25, -0.2) is 9.97 Å². The van der Waals surface area contributed by atoms with Gasteiger partial charge in [-0.1, -0.05) is 44.5 Å². The maximum atomic E-state index is 13.8. The average molecular weight is 483 g/mol. The van der Waals surface area contributed by atoms with Crippen LogP contribution in [0.1, 0.15) is 56.6 Å². The van der Waals surface area contributed by atoms with Crippen LogP contribution in [0.2, 0.25) is 5.02 Å². The summed E-state index contributed by atoms with van der Waals surface area (Å²) in [7, 11) is 0. The smallest absolute Gasteiger partial charge is 0.231 e. The lowest BCUT2D eigenvalue weighted by Gasteiger charge is -2.38. The SMILES string of the molecule is CC(C)NC[C@@H](C(=O)N1CCN(c2ncnc3c2[C@H](C)CC(=O)N3)[C@H]2C[C@H]21)c1ccc(Cl)cc1. The number of hydrogen-bond donors (Lipinski definition) is 2. The van der Waals surface area contributed by atoms with Gasteiger partial charge in [0.2, 0.25) is 11.8 Å². The molecule has 2 aliphatic heterocycles. The summed E-state index contributed by atoms with van der Waals surface area (Å²) in [4.78, 5) is 39.0. The Morgan fingerprint density at radius 2 is 1.97 bits per heavy atom. The fourth-order valence-corrected chi connectivity index (χ4v) is 5.38. The maximum absolute atomic E-state index is 13.8. The first-order chi connectivity index (χ1) is 16.3. The zero-order valence-corrected chi connectivity index (χ0v) is 20.5. The van der Waals surface area contributed by atoms with Gasteiger partial charge >= 0.3 is 0 Å². The van der Waals surface area contributed by atoms with E-state index in [1.807, 2.05) is 31.2 Å². The molecule has 4 atom stereocenters. The van der Waals surface area contributed by atoms with Gasteiger partial charge in [-0.15, -0.1) is 0 Å². The fourth-order valence-electron chi connectivity index (χ4n) is 5.25. The van der Waals surface area contributed by atoms with Crippen molar-refractivity contribution >= 4 is 35.1 Å². The van der Waals surface area contributed by atoms with Gasteiger partial charge in [0.25, 0.3) is 0 Å². The lowest BCUT2D eigenvalue weighted by Crippen LogP contribution is -2.51. The molecule has 2 aromatic rings. The summed E-state index contributed by atoms with van der Waals surface area (Å²) in [5.74, 6) is 1.48. The Morgan fingerprint density at radius 1 is 1.21 bits per heavy atom. The lowest BCUT2D eigenvalue weighted by atomic mass is 9.94. The molecule has 0 radical (unpaired) electrons. The van der Waals surface area contributed by atoms with Crippen molar-refractivity contribution in [2.24, 2.45) is 0 Å². The summed E-state index contributed by atoms with van der Waals surface area (Å²) in [6.07, 6.45) is 2.89. The molecule has 1 aromatic carbocycles. The molecule has 0 unspecified atom stereocenters. The van der Waals surface area contributed by atoms with E-state index >= 15 is 0 Å². The standard InChI is InChI=1S/C25H31ClN6O2/c1-14(2)27-12-18(16-4-6-17(26)7-5-16)25(34)32-9-8-31(19-11-20(19)32)24-22-15(3)10-21(33)30-23(22)28-13-29-24/h4-7,13-15,18-20,27H,8-12H2,1-3H3,(H,28,29,30,33)/t15-,18-,19+,20-/m1/s1. The molecule has 2 N–H and O–H groups in total. The number of halogens is 1. The molecule has 34 heavy (non-hydrogen) atoms. The van der Waals surface area contributed by atoms with E-state index in [4.69, 9.17) is 11.6 Å². The number of amides is 2. The monoisotopic (exact) mass is 482 g/mol. The molecule has 8 nitrogen and oxygen atoms in total. The number of aromatic nitrogens is 2. The van der Waals surface area contributed by atoms with Gasteiger partial charge in [-0.05, 0) is 30.0 Å². The summed E-state index contributed by atoms with van der Waals surface area (Å²) in [5, 5.41) is 7.00. The molecule has 1 aliphatic carbocycles. The molecule has 1 aromatic heterocycles. The first-order valence-corrected chi connectivity index (χ1v) is 12.4. The number of anilines is 2. The topological polar surface area (TPSA) is 90.5 Å². The summed E-state index contributed by atoms with van der Waals surface area (Å²) < 4.78 is 0. The van der Waals surface area contributed by atoms with Gasteiger partial charge in [-0.2, -0.15) is 0 Å². The molecular weight excluding hydrogens is 452 g/mol. The normalized spacial score (nSPS) is 24.4. The molecule has 2 fully saturated rings. The van der Waals surface area contributed by atoms with Crippen LogP contribution in [0.3, 0.4) is 0 Å². The number of rotatable bonds is 6. The number of nitrogens with zero attached hydrogens (tertiary/aromatic N) is 4. The largest absolute Gasteiger partial charge is 0.349 e. The summed E-state index contributed by atoms with van der Waals surface area (Å²) >= 11 is 6.09. The Balaban J connectivity index is 1.35. The van der Waals surface area contributed by atoms with E-state index < -0.39 is 0 Å². The van der Waals surface area contributed by atoms with Gasteiger partial charge in [0.05, 0.1) is 18.0 Å². The summed E-state index contributed by atoms with van der Waals surface area (Å²) in [5.41, 5.74) is 1.99. The second kappa shape index (κ2) is 9.15. The second-order valence-corrected chi connectivity index (χ2v) is 10.3. The lowest BCUT2D eigenvalue weighted by molar-refractivity contribution is -0.133. The molecule has 9 heteroatoms. The number of hydrogen-bond acceptors (Lipinski definition) is 6. The van der Waals surface area contributed by atoms with Crippen LogP contribution in [0.4, 0.5) is 11.6 Å². The summed E-state index contributed by atoms with van der Waals surface area (Å²) in [6, 6.07) is 8.32. The van der Waals surface area contributed by atoms with Gasteiger partial charge < -0.3 is 20.4 Å². The number of fused-ring (bicyclic) bond motifs is 2. The van der Waals surface area contributed by atoms with Crippen LogP contribution in [0.5, 0.6) is 0 Å². The van der Waals surface area contributed by atoms with Crippen LogP contribution in [0, 0.1) is 0 Å². The van der Waals surface area contributed by atoms with Crippen molar-refractivity contribution in [3.63, 3.8) is 0 Å². The van der Waals surface area contributed by atoms with Crippen molar-refractivity contribution in [1.82, 2.24) is 20.2 Å². The number of nitrogens with one attached hydrogen (secondary N) is 2. The Labute approximate surface area is 205 Å². The molecule has 3 heterocycles. The molecule has 0 bridgehead atoms. The van der Waals surface area contributed by atoms with Crippen LogP contribution in [-0.2, 0) is 9.59 Å². The second-order valence-electron chi connectivity index (χ2n) is 9.88. The predicted octanol–water partition coefficient (Wildman–Crippen LogP) is 3.15. The molecular formula is C25H31ClN6O2. The van der Waals surface area contributed by atoms with Crippen LogP contribution in [0.15, 0.2) is 30.6 Å². The highest BCUT2D eigenvalue weighted by molar-refractivity contribution is 6.30. The Kier molecular flexibility index (Phi) is 6.20. The number of benzene rings is 1.